The molecular weight excluding hydrogens is 418 g/mol. The molecule has 32 heavy (non-hydrogen) atoms. The number of aliphatic carboxylic acids is 1. The second-order valence-corrected chi connectivity index (χ2v) is 7.04. The first-order valence-electron chi connectivity index (χ1n) is 11.1. The van der Waals surface area contributed by atoms with Gasteiger partial charge >= 0.3 is 12.1 Å². The second kappa shape index (κ2) is 17.2. The smallest absolute Gasteiger partial charge is 0.409 e. The van der Waals surface area contributed by atoms with Gasteiger partial charge in [0.2, 0.25) is 0 Å². The van der Waals surface area contributed by atoms with Gasteiger partial charge in [-0.3, -0.25) is 0 Å². The summed E-state index contributed by atoms with van der Waals surface area (Å²) in [6.45, 7) is 7.14. The van der Waals surface area contributed by atoms with Gasteiger partial charge in [-0.05, 0) is 37.5 Å². The van der Waals surface area contributed by atoms with Gasteiger partial charge in [-0.1, -0.05) is 19.1 Å². The number of methoxy groups -OCH3 is 1. The van der Waals surface area contributed by atoms with Crippen molar-refractivity contribution < 1.29 is 38.4 Å². The summed E-state index contributed by atoms with van der Waals surface area (Å²) in [7, 11) is 1.55. The van der Waals surface area contributed by atoms with Gasteiger partial charge in [0.15, 0.2) is 6.10 Å². The largest absolute Gasteiger partial charge is 0.492 e. The summed E-state index contributed by atoms with van der Waals surface area (Å²) in [6, 6.07) is 7.18. The van der Waals surface area contributed by atoms with Crippen LogP contribution in [0.4, 0.5) is 4.79 Å². The van der Waals surface area contributed by atoms with Crippen molar-refractivity contribution >= 4 is 12.1 Å². The summed E-state index contributed by atoms with van der Waals surface area (Å²) in [5.41, 5.74) is 0.841. The van der Waals surface area contributed by atoms with Gasteiger partial charge in [-0.2, -0.15) is 0 Å². The number of carboxylic acids is 1. The van der Waals surface area contributed by atoms with Crippen LogP contribution >= 0.6 is 0 Å². The van der Waals surface area contributed by atoms with Gasteiger partial charge in [0.25, 0.3) is 0 Å². The van der Waals surface area contributed by atoms with Crippen molar-refractivity contribution in [2.75, 3.05) is 59.8 Å². The van der Waals surface area contributed by atoms with Crippen molar-refractivity contribution in [2.45, 2.75) is 39.2 Å². The Balaban J connectivity index is 2.52. The highest BCUT2D eigenvalue weighted by Crippen LogP contribution is 2.15. The highest BCUT2D eigenvalue weighted by atomic mass is 16.6. The molecule has 1 atom stereocenters. The van der Waals surface area contributed by atoms with Crippen molar-refractivity contribution in [3.63, 3.8) is 0 Å². The zero-order valence-corrected chi connectivity index (χ0v) is 19.4. The maximum atomic E-state index is 12.3. The fourth-order valence-electron chi connectivity index (χ4n) is 2.83. The number of nitrogens with zero attached hydrogens (tertiary/aromatic N) is 1. The number of carbonyl (C=O) groups excluding carboxylic acids is 1. The standard InChI is InChI=1S/C23H37NO8/c1-4-13-29-14-6-11-24(23(27)32-17-16-28-3)12-15-31-20-9-7-19(8-10-20)18-21(22(25)26)30-5-2/h7-10,21H,4-6,11-18H2,1-3H3,(H,25,26). The van der Waals surface area contributed by atoms with E-state index in [1.807, 2.05) is 19.1 Å². The van der Waals surface area contributed by atoms with Crippen LogP contribution in [0.2, 0.25) is 0 Å². The summed E-state index contributed by atoms with van der Waals surface area (Å²) in [5, 5.41) is 9.20. The van der Waals surface area contributed by atoms with E-state index < -0.39 is 18.2 Å². The molecule has 1 rings (SSSR count). The number of carbonyl (C=O) groups is 2. The molecule has 1 aromatic rings. The number of rotatable bonds is 18. The Morgan fingerprint density at radius 1 is 1.00 bits per heavy atom. The number of hydrogen-bond acceptors (Lipinski definition) is 7. The first-order chi connectivity index (χ1) is 15.5. The van der Waals surface area contributed by atoms with Crippen LogP contribution in [0.15, 0.2) is 24.3 Å². The van der Waals surface area contributed by atoms with Gasteiger partial charge in [0.05, 0.1) is 13.2 Å². The third-order valence-corrected chi connectivity index (χ3v) is 4.45. The van der Waals surface area contributed by atoms with Crippen LogP contribution in [0.5, 0.6) is 5.75 Å². The molecule has 0 aliphatic carbocycles. The predicted molar refractivity (Wildman–Crippen MR) is 119 cm³/mol. The Hall–Kier alpha value is -2.36. The Bertz CT molecular complexity index is 637. The van der Waals surface area contributed by atoms with E-state index in [-0.39, 0.29) is 13.0 Å². The first-order valence-corrected chi connectivity index (χ1v) is 11.1. The van der Waals surface area contributed by atoms with Crippen LogP contribution in [0.1, 0.15) is 32.3 Å². The maximum absolute atomic E-state index is 12.3. The minimum absolute atomic E-state index is 0.194. The molecule has 0 fully saturated rings. The lowest BCUT2D eigenvalue weighted by atomic mass is 10.1. The molecule has 1 aromatic carbocycles. The average Bonchev–Trinajstić information content (AvgIpc) is 2.78. The van der Waals surface area contributed by atoms with Crippen molar-refractivity contribution in [2.24, 2.45) is 0 Å². The number of carboxylic acid groups (broad SMARTS) is 1. The SMILES string of the molecule is CCCOCCCN(CCOc1ccc(CC(OCC)C(=O)O)cc1)C(=O)OCCOC. The van der Waals surface area contributed by atoms with Gasteiger partial charge < -0.3 is 33.7 Å². The molecule has 0 saturated heterocycles. The van der Waals surface area contributed by atoms with E-state index in [0.717, 1.165) is 12.0 Å². The Labute approximate surface area is 190 Å². The topological polar surface area (TPSA) is 104 Å². The minimum Gasteiger partial charge on any atom is -0.492 e. The quantitative estimate of drug-likeness (QED) is 0.337. The van der Waals surface area contributed by atoms with Crippen molar-refractivity contribution in [1.29, 1.82) is 0 Å². The number of ether oxygens (including phenoxy) is 5. The molecule has 0 aliphatic heterocycles. The number of benzene rings is 1. The molecule has 1 unspecified atom stereocenters. The minimum atomic E-state index is -0.982. The maximum Gasteiger partial charge on any atom is 0.409 e. The molecule has 182 valence electrons. The molecular formula is C23H37NO8. The molecule has 9 nitrogen and oxygen atoms in total. The van der Waals surface area contributed by atoms with Crippen molar-refractivity contribution in [3.8, 4) is 5.75 Å². The van der Waals surface area contributed by atoms with Crippen molar-refractivity contribution in [1.82, 2.24) is 4.90 Å². The summed E-state index contributed by atoms with van der Waals surface area (Å²) in [4.78, 5) is 25.1. The van der Waals surface area contributed by atoms with Gasteiger partial charge in [0, 0.05) is 39.9 Å². The molecule has 0 aromatic heterocycles. The van der Waals surface area contributed by atoms with E-state index >= 15 is 0 Å². The molecule has 1 amide bonds. The number of amides is 1. The molecule has 0 bridgehead atoms. The lowest BCUT2D eigenvalue weighted by molar-refractivity contribution is -0.149. The van der Waals surface area contributed by atoms with Crippen LogP contribution in [0.3, 0.4) is 0 Å². The Morgan fingerprint density at radius 2 is 1.75 bits per heavy atom. The summed E-state index contributed by atoms with van der Waals surface area (Å²) >= 11 is 0. The van der Waals surface area contributed by atoms with E-state index in [1.54, 1.807) is 31.1 Å². The zero-order chi connectivity index (χ0) is 23.6. The predicted octanol–water partition coefficient (Wildman–Crippen LogP) is 3.00. The van der Waals surface area contributed by atoms with Gasteiger partial charge in [0.1, 0.15) is 19.0 Å². The summed E-state index contributed by atoms with van der Waals surface area (Å²) < 4.78 is 26.6. The van der Waals surface area contributed by atoms with Crippen LogP contribution < -0.4 is 4.74 Å². The lowest BCUT2D eigenvalue weighted by Crippen LogP contribution is -2.37. The van der Waals surface area contributed by atoms with E-state index in [4.69, 9.17) is 23.7 Å². The van der Waals surface area contributed by atoms with E-state index in [1.165, 1.54) is 0 Å². The number of hydrogen-bond donors (Lipinski definition) is 1. The third kappa shape index (κ3) is 11.9. The van der Waals surface area contributed by atoms with E-state index in [0.29, 0.717) is 58.3 Å². The molecule has 0 saturated carbocycles. The average molecular weight is 456 g/mol. The third-order valence-electron chi connectivity index (χ3n) is 4.45. The highest BCUT2D eigenvalue weighted by molar-refractivity contribution is 5.72. The van der Waals surface area contributed by atoms with Crippen LogP contribution in [0.25, 0.3) is 0 Å². The van der Waals surface area contributed by atoms with Crippen molar-refractivity contribution in [3.05, 3.63) is 29.8 Å². The highest BCUT2D eigenvalue weighted by Gasteiger charge is 2.18. The normalized spacial score (nSPS) is 11.7. The van der Waals surface area contributed by atoms with Crippen LogP contribution in [-0.4, -0.2) is 88.0 Å². The van der Waals surface area contributed by atoms with Gasteiger partial charge in [-0.15, -0.1) is 0 Å². The second-order valence-electron chi connectivity index (χ2n) is 7.04. The van der Waals surface area contributed by atoms with E-state index in [9.17, 15) is 14.7 Å². The first kappa shape index (κ1) is 27.7. The zero-order valence-electron chi connectivity index (χ0n) is 19.4. The summed E-state index contributed by atoms with van der Waals surface area (Å²) in [5.74, 6) is -0.347. The lowest BCUT2D eigenvalue weighted by Gasteiger charge is -2.22. The summed E-state index contributed by atoms with van der Waals surface area (Å²) in [6.07, 6.45) is 0.666. The molecule has 0 aliphatic rings. The monoisotopic (exact) mass is 455 g/mol. The Morgan fingerprint density at radius 3 is 2.38 bits per heavy atom. The molecule has 1 N–H and O–H groups in total. The fraction of sp³-hybridized carbons (Fsp3) is 0.652. The fourth-order valence-corrected chi connectivity index (χ4v) is 2.83. The molecule has 0 spiro atoms. The molecule has 0 radical (unpaired) electrons. The Kier molecular flexibility index (Phi) is 14.9. The molecule has 9 heteroatoms. The van der Waals surface area contributed by atoms with E-state index in [2.05, 4.69) is 0 Å². The van der Waals surface area contributed by atoms with Crippen LogP contribution in [0, 0.1) is 0 Å². The molecule has 0 heterocycles. The van der Waals surface area contributed by atoms with Gasteiger partial charge in [-0.25, -0.2) is 9.59 Å². The van der Waals surface area contributed by atoms with Crippen LogP contribution in [-0.2, 0) is 30.2 Å².